The highest BCUT2D eigenvalue weighted by molar-refractivity contribution is 6.19. The molecule has 0 radical (unpaired) electrons. The number of hydrogen-bond donors (Lipinski definition) is 1. The van der Waals surface area contributed by atoms with Gasteiger partial charge in [0.05, 0.1) is 12.7 Å². The van der Waals surface area contributed by atoms with Crippen molar-refractivity contribution in [3.05, 3.63) is 0 Å². The summed E-state index contributed by atoms with van der Waals surface area (Å²) >= 11 is 5.61. The van der Waals surface area contributed by atoms with Gasteiger partial charge in [-0.3, -0.25) is 9.69 Å². The van der Waals surface area contributed by atoms with E-state index in [9.17, 15) is 4.79 Å². The Bertz CT molecular complexity index is 226. The fourth-order valence-corrected chi connectivity index (χ4v) is 1.79. The van der Waals surface area contributed by atoms with Crippen molar-refractivity contribution in [3.63, 3.8) is 0 Å². The van der Waals surface area contributed by atoms with Crippen LogP contribution in [0.3, 0.4) is 0 Å². The van der Waals surface area contributed by atoms with Crippen LogP contribution in [0.25, 0.3) is 0 Å². The molecule has 0 aromatic rings. The molecule has 1 N–H and O–H groups in total. The summed E-state index contributed by atoms with van der Waals surface area (Å²) in [5.74, 6) is 0.234. The number of nitrogens with zero attached hydrogens (tertiary/aromatic N) is 1. The molecule has 1 rings (SSSR count). The highest BCUT2D eigenvalue weighted by atomic mass is 35.5. The monoisotopic (exact) mass is 248 g/mol. The lowest BCUT2D eigenvalue weighted by molar-refractivity contribution is -0.125. The zero-order valence-electron chi connectivity index (χ0n) is 10.0. The SMILES string of the molecule is CCN1CCOC(CNC(=O)C(C)CCl)C1. The number of rotatable bonds is 5. The Kier molecular flexibility index (Phi) is 6.09. The first-order valence-corrected chi connectivity index (χ1v) is 6.38. The van der Waals surface area contributed by atoms with Crippen molar-refractivity contribution in [2.24, 2.45) is 5.92 Å². The van der Waals surface area contributed by atoms with Crippen LogP contribution in [0.15, 0.2) is 0 Å². The summed E-state index contributed by atoms with van der Waals surface area (Å²) in [6, 6.07) is 0. The van der Waals surface area contributed by atoms with Crippen molar-refractivity contribution in [3.8, 4) is 0 Å². The molecule has 1 saturated heterocycles. The molecular weight excluding hydrogens is 228 g/mol. The first-order valence-electron chi connectivity index (χ1n) is 5.85. The summed E-state index contributed by atoms with van der Waals surface area (Å²) in [6.07, 6.45) is 0.111. The summed E-state index contributed by atoms with van der Waals surface area (Å²) < 4.78 is 5.58. The number of hydrogen-bond acceptors (Lipinski definition) is 3. The lowest BCUT2D eigenvalue weighted by Gasteiger charge is -2.32. The molecule has 0 aromatic heterocycles. The molecule has 1 aliphatic heterocycles. The van der Waals surface area contributed by atoms with Gasteiger partial charge in [0.15, 0.2) is 0 Å². The molecule has 4 nitrogen and oxygen atoms in total. The molecule has 0 aromatic carbocycles. The first kappa shape index (κ1) is 13.7. The van der Waals surface area contributed by atoms with E-state index in [-0.39, 0.29) is 17.9 Å². The van der Waals surface area contributed by atoms with Gasteiger partial charge in [0, 0.05) is 31.4 Å². The predicted molar refractivity (Wildman–Crippen MR) is 64.7 cm³/mol. The molecule has 1 amide bonds. The van der Waals surface area contributed by atoms with Gasteiger partial charge in [0.25, 0.3) is 0 Å². The normalized spacial score (nSPS) is 24.1. The molecule has 5 heteroatoms. The molecule has 0 spiro atoms. The highest BCUT2D eigenvalue weighted by Gasteiger charge is 2.20. The Hall–Kier alpha value is -0.320. The summed E-state index contributed by atoms with van der Waals surface area (Å²) in [6.45, 7) is 8.20. The van der Waals surface area contributed by atoms with Crippen molar-refractivity contribution < 1.29 is 9.53 Å². The molecule has 1 heterocycles. The van der Waals surface area contributed by atoms with Gasteiger partial charge in [-0.2, -0.15) is 0 Å². The van der Waals surface area contributed by atoms with E-state index < -0.39 is 0 Å². The van der Waals surface area contributed by atoms with E-state index in [0.29, 0.717) is 12.4 Å². The van der Waals surface area contributed by atoms with Crippen molar-refractivity contribution in [2.45, 2.75) is 20.0 Å². The lowest BCUT2D eigenvalue weighted by atomic mass is 10.2. The van der Waals surface area contributed by atoms with Crippen molar-refractivity contribution >= 4 is 17.5 Å². The number of amides is 1. The third-order valence-corrected chi connectivity index (χ3v) is 3.32. The van der Waals surface area contributed by atoms with E-state index >= 15 is 0 Å². The molecule has 1 fully saturated rings. The number of carbonyl (C=O) groups is 1. The van der Waals surface area contributed by atoms with Gasteiger partial charge in [-0.25, -0.2) is 0 Å². The summed E-state index contributed by atoms with van der Waals surface area (Å²) in [5.41, 5.74) is 0. The fraction of sp³-hybridized carbons (Fsp3) is 0.909. The van der Waals surface area contributed by atoms with Crippen LogP contribution in [0.1, 0.15) is 13.8 Å². The molecule has 0 bridgehead atoms. The average molecular weight is 249 g/mol. The van der Waals surface area contributed by atoms with Gasteiger partial charge in [0.1, 0.15) is 0 Å². The quantitative estimate of drug-likeness (QED) is 0.729. The molecule has 2 atom stereocenters. The second kappa shape index (κ2) is 7.09. The molecular formula is C11H21ClN2O2. The number of alkyl halides is 1. The maximum absolute atomic E-state index is 11.5. The van der Waals surface area contributed by atoms with Gasteiger partial charge in [0.2, 0.25) is 5.91 Å². The van der Waals surface area contributed by atoms with Crippen LogP contribution >= 0.6 is 11.6 Å². The lowest BCUT2D eigenvalue weighted by Crippen LogP contribution is -2.48. The number of nitrogens with one attached hydrogen (secondary N) is 1. The second-order valence-electron chi connectivity index (χ2n) is 4.19. The molecule has 2 unspecified atom stereocenters. The Morgan fingerprint density at radius 2 is 2.44 bits per heavy atom. The predicted octanol–water partition coefficient (Wildman–Crippen LogP) is 0.698. The number of halogens is 1. The van der Waals surface area contributed by atoms with Crippen LogP contribution in [-0.4, -0.2) is 55.6 Å². The van der Waals surface area contributed by atoms with Gasteiger partial charge < -0.3 is 10.1 Å². The van der Waals surface area contributed by atoms with Crippen molar-refractivity contribution in [1.82, 2.24) is 10.2 Å². The Labute approximate surface area is 102 Å². The maximum Gasteiger partial charge on any atom is 0.224 e. The van der Waals surface area contributed by atoms with E-state index in [4.69, 9.17) is 16.3 Å². The van der Waals surface area contributed by atoms with E-state index in [1.165, 1.54) is 0 Å². The summed E-state index contributed by atoms with van der Waals surface area (Å²) in [4.78, 5) is 13.8. The number of ether oxygens (including phenoxy) is 1. The maximum atomic E-state index is 11.5. The molecule has 0 aliphatic carbocycles. The molecule has 1 aliphatic rings. The molecule has 16 heavy (non-hydrogen) atoms. The van der Waals surface area contributed by atoms with E-state index in [1.54, 1.807) is 0 Å². The first-order chi connectivity index (χ1) is 7.67. The van der Waals surface area contributed by atoms with Crippen LogP contribution < -0.4 is 5.32 Å². The van der Waals surface area contributed by atoms with Gasteiger partial charge in [-0.15, -0.1) is 11.6 Å². The third kappa shape index (κ3) is 4.28. The zero-order valence-corrected chi connectivity index (χ0v) is 10.8. The molecule has 0 saturated carbocycles. The van der Waals surface area contributed by atoms with Crippen LogP contribution in [0, 0.1) is 5.92 Å². The topological polar surface area (TPSA) is 41.6 Å². The second-order valence-corrected chi connectivity index (χ2v) is 4.50. The minimum absolute atomic E-state index is 0.00669. The van der Waals surface area contributed by atoms with Gasteiger partial charge in [-0.05, 0) is 6.54 Å². The van der Waals surface area contributed by atoms with E-state index in [0.717, 1.165) is 26.2 Å². The summed E-state index contributed by atoms with van der Waals surface area (Å²) in [5, 5.41) is 2.87. The standard InChI is InChI=1S/C11H21ClN2O2/c1-3-14-4-5-16-10(8-14)7-13-11(15)9(2)6-12/h9-10H,3-8H2,1-2H3,(H,13,15). The van der Waals surface area contributed by atoms with Crippen molar-refractivity contribution in [1.29, 1.82) is 0 Å². The smallest absolute Gasteiger partial charge is 0.224 e. The van der Waals surface area contributed by atoms with E-state index in [2.05, 4.69) is 17.1 Å². The Balaban J connectivity index is 2.24. The number of morpholine rings is 1. The van der Waals surface area contributed by atoms with Crippen LogP contribution in [-0.2, 0) is 9.53 Å². The third-order valence-electron chi connectivity index (χ3n) is 2.85. The van der Waals surface area contributed by atoms with Gasteiger partial charge in [-0.1, -0.05) is 13.8 Å². The number of likely N-dealkylation sites (N-methyl/N-ethyl adjacent to an activating group) is 1. The minimum Gasteiger partial charge on any atom is -0.374 e. The minimum atomic E-state index is -0.132. The Morgan fingerprint density at radius 3 is 3.06 bits per heavy atom. The van der Waals surface area contributed by atoms with Crippen LogP contribution in [0.4, 0.5) is 0 Å². The van der Waals surface area contributed by atoms with E-state index in [1.807, 2.05) is 6.92 Å². The molecule has 94 valence electrons. The zero-order chi connectivity index (χ0) is 12.0. The number of carbonyl (C=O) groups excluding carboxylic acids is 1. The Morgan fingerprint density at radius 1 is 1.69 bits per heavy atom. The highest BCUT2D eigenvalue weighted by Crippen LogP contribution is 2.04. The largest absolute Gasteiger partial charge is 0.374 e. The van der Waals surface area contributed by atoms with Crippen molar-refractivity contribution in [2.75, 3.05) is 38.7 Å². The summed E-state index contributed by atoms with van der Waals surface area (Å²) in [7, 11) is 0. The average Bonchev–Trinajstić information content (AvgIpc) is 2.35. The fourth-order valence-electron chi connectivity index (χ4n) is 1.65. The van der Waals surface area contributed by atoms with Crippen LogP contribution in [0.2, 0.25) is 0 Å². The van der Waals surface area contributed by atoms with Gasteiger partial charge >= 0.3 is 0 Å². The van der Waals surface area contributed by atoms with Crippen LogP contribution in [0.5, 0.6) is 0 Å².